The van der Waals surface area contributed by atoms with Crippen LogP contribution in [0, 0.1) is 0 Å². The van der Waals surface area contributed by atoms with Crippen molar-refractivity contribution in [2.45, 2.75) is 90.9 Å². The molecule has 3 nitrogen and oxygen atoms in total. The fraction of sp³-hybridized carbons (Fsp3) is 1.00. The average Bonchev–Trinajstić information content (AvgIpc) is 2.37. The first-order chi connectivity index (χ1) is 10.9. The highest BCUT2D eigenvalue weighted by Crippen LogP contribution is 2.46. The quantitative estimate of drug-likeness (QED) is 0.478. The van der Waals surface area contributed by atoms with Crippen LogP contribution in [0.1, 0.15) is 68.7 Å². The van der Waals surface area contributed by atoms with Gasteiger partial charge < -0.3 is 13.4 Å². The minimum absolute atomic E-state index is 0.711. The Balaban J connectivity index is 6.79. The van der Waals surface area contributed by atoms with Crippen LogP contribution in [0.4, 0.5) is 0 Å². The average molecular weight is 374 g/mol. The summed E-state index contributed by atoms with van der Waals surface area (Å²) in [6.07, 6.45) is 1.24. The van der Waals surface area contributed by atoms with Gasteiger partial charge in [0.2, 0.25) is 16.8 Å². The topological polar surface area (TPSA) is 9.72 Å². The SMILES string of the molecule is CCCN([Si](C(C)C)(C(C)C)N(C)C)[Si](C(C)C)(C(C)C)N(C)C. The summed E-state index contributed by atoms with van der Waals surface area (Å²) in [5.41, 5.74) is 2.85. The molecule has 0 aromatic heterocycles. The van der Waals surface area contributed by atoms with E-state index in [1.807, 2.05) is 0 Å². The van der Waals surface area contributed by atoms with Gasteiger partial charge in [0.1, 0.15) is 0 Å². The second-order valence-electron chi connectivity index (χ2n) is 9.13. The summed E-state index contributed by atoms with van der Waals surface area (Å²) in [6, 6.07) is 0. The fourth-order valence-corrected chi connectivity index (χ4v) is 24.0. The van der Waals surface area contributed by atoms with Crippen molar-refractivity contribution in [3.05, 3.63) is 0 Å². The number of hydrogen-bond acceptors (Lipinski definition) is 3. The number of hydrogen-bond donors (Lipinski definition) is 0. The molecule has 0 atom stereocenters. The molecule has 5 heteroatoms. The van der Waals surface area contributed by atoms with E-state index in [1.165, 1.54) is 13.0 Å². The molecule has 0 aromatic carbocycles. The predicted octanol–water partition coefficient (Wildman–Crippen LogP) is 5.35. The van der Waals surface area contributed by atoms with Crippen LogP contribution in [0.3, 0.4) is 0 Å². The molecule has 0 radical (unpaired) electrons. The van der Waals surface area contributed by atoms with Crippen molar-refractivity contribution in [2.75, 3.05) is 34.7 Å². The lowest BCUT2D eigenvalue weighted by molar-refractivity contribution is 0.387. The molecule has 0 saturated heterocycles. The summed E-state index contributed by atoms with van der Waals surface area (Å²) >= 11 is 0. The first-order valence-electron chi connectivity index (χ1n) is 9.98. The molecule has 0 aromatic rings. The van der Waals surface area contributed by atoms with Crippen molar-refractivity contribution in [3.8, 4) is 0 Å². The van der Waals surface area contributed by atoms with E-state index >= 15 is 0 Å². The molecule has 0 aliphatic rings. The lowest BCUT2D eigenvalue weighted by Crippen LogP contribution is -2.80. The molecule has 0 spiro atoms. The molecule has 146 valence electrons. The van der Waals surface area contributed by atoms with E-state index in [0.717, 1.165) is 0 Å². The molecule has 0 rings (SSSR count). The zero-order valence-corrected chi connectivity index (χ0v) is 21.1. The lowest BCUT2D eigenvalue weighted by atomic mass is 10.5. The molecule has 24 heavy (non-hydrogen) atoms. The van der Waals surface area contributed by atoms with Crippen molar-refractivity contribution in [3.63, 3.8) is 0 Å². The highest BCUT2D eigenvalue weighted by molar-refractivity contribution is 6.92. The largest absolute Gasteiger partial charge is 0.320 e. The van der Waals surface area contributed by atoms with E-state index in [0.29, 0.717) is 22.2 Å². The smallest absolute Gasteiger partial charge is 0.205 e. The summed E-state index contributed by atoms with van der Waals surface area (Å²) in [6.45, 7) is 23.4. The van der Waals surface area contributed by atoms with Crippen LogP contribution >= 0.6 is 0 Å². The lowest BCUT2D eigenvalue weighted by Gasteiger charge is -2.62. The molecular weight excluding hydrogens is 326 g/mol. The van der Waals surface area contributed by atoms with Crippen LogP contribution in [-0.2, 0) is 0 Å². The highest BCUT2D eigenvalue weighted by Gasteiger charge is 2.59. The van der Waals surface area contributed by atoms with Gasteiger partial charge in [0.25, 0.3) is 0 Å². The highest BCUT2D eigenvalue weighted by atomic mass is 28.4. The summed E-state index contributed by atoms with van der Waals surface area (Å²) in [4.78, 5) is 0. The molecular formula is C19H47N3Si2. The minimum Gasteiger partial charge on any atom is -0.320 e. The first-order valence-corrected chi connectivity index (χ1v) is 14.1. The van der Waals surface area contributed by atoms with E-state index < -0.39 is 16.8 Å². The zero-order valence-electron chi connectivity index (χ0n) is 19.1. The van der Waals surface area contributed by atoms with Crippen molar-refractivity contribution in [1.82, 2.24) is 13.4 Å². The van der Waals surface area contributed by atoms with Crippen molar-refractivity contribution >= 4 is 16.8 Å². The maximum absolute atomic E-state index is 3.13. The maximum Gasteiger partial charge on any atom is 0.205 e. The second kappa shape index (κ2) is 9.31. The maximum atomic E-state index is 3.13. The van der Waals surface area contributed by atoms with Gasteiger partial charge in [-0.3, -0.25) is 0 Å². The Kier molecular flexibility index (Phi) is 9.43. The van der Waals surface area contributed by atoms with Crippen molar-refractivity contribution in [2.24, 2.45) is 0 Å². The summed E-state index contributed by atoms with van der Waals surface area (Å²) in [7, 11) is 5.78. The second-order valence-corrected chi connectivity index (χ2v) is 20.2. The summed E-state index contributed by atoms with van der Waals surface area (Å²) in [5, 5.41) is 0. The van der Waals surface area contributed by atoms with Crippen LogP contribution < -0.4 is 0 Å². The van der Waals surface area contributed by atoms with E-state index in [4.69, 9.17) is 0 Å². The zero-order chi connectivity index (χ0) is 19.5. The van der Waals surface area contributed by atoms with Gasteiger partial charge in [0.15, 0.2) is 0 Å². The van der Waals surface area contributed by atoms with Crippen LogP contribution in [0.25, 0.3) is 0 Å². The van der Waals surface area contributed by atoms with Crippen LogP contribution in [-0.4, -0.2) is 64.9 Å². The van der Waals surface area contributed by atoms with Gasteiger partial charge in [0.05, 0.1) is 0 Å². The van der Waals surface area contributed by atoms with E-state index in [1.54, 1.807) is 0 Å². The van der Waals surface area contributed by atoms with E-state index in [9.17, 15) is 0 Å². The normalized spacial score (nSPS) is 14.5. The van der Waals surface area contributed by atoms with Crippen molar-refractivity contribution in [1.29, 1.82) is 0 Å². The Morgan fingerprint density at radius 2 is 0.833 bits per heavy atom. The Bertz CT molecular complexity index is 290. The summed E-state index contributed by atoms with van der Waals surface area (Å²) < 4.78 is 8.45. The van der Waals surface area contributed by atoms with Gasteiger partial charge in [-0.1, -0.05) is 62.3 Å². The molecule has 0 bridgehead atoms. The summed E-state index contributed by atoms with van der Waals surface area (Å²) in [5.74, 6) is 0. The Labute approximate surface area is 156 Å². The molecule has 0 amide bonds. The molecule has 0 aliphatic heterocycles. The van der Waals surface area contributed by atoms with Crippen LogP contribution in [0.2, 0.25) is 22.2 Å². The van der Waals surface area contributed by atoms with Gasteiger partial charge in [-0.2, -0.15) is 0 Å². The fourth-order valence-electron chi connectivity index (χ4n) is 6.00. The van der Waals surface area contributed by atoms with Gasteiger partial charge in [-0.15, -0.1) is 0 Å². The molecule has 0 N–H and O–H groups in total. The number of nitrogens with zero attached hydrogens (tertiary/aromatic N) is 3. The van der Waals surface area contributed by atoms with Gasteiger partial charge in [-0.25, -0.2) is 0 Å². The van der Waals surface area contributed by atoms with Gasteiger partial charge >= 0.3 is 0 Å². The van der Waals surface area contributed by atoms with Crippen LogP contribution in [0.15, 0.2) is 0 Å². The standard InChI is InChI=1S/C19H47N3Si2/c1-14-15-22(23(16(2)3,17(4)5)20(10)11)24(18(6)7,19(8)9)21(12)13/h16-19H,14-15H2,1-13H3. The Morgan fingerprint density at radius 3 is 0.958 bits per heavy atom. The Hall–Kier alpha value is 0.314. The monoisotopic (exact) mass is 373 g/mol. The van der Waals surface area contributed by atoms with Crippen LogP contribution in [0.5, 0.6) is 0 Å². The van der Waals surface area contributed by atoms with Gasteiger partial charge in [0, 0.05) is 0 Å². The number of rotatable bonds is 10. The van der Waals surface area contributed by atoms with Gasteiger partial charge in [-0.05, 0) is 63.3 Å². The van der Waals surface area contributed by atoms with E-state index in [-0.39, 0.29) is 0 Å². The first kappa shape index (κ1) is 24.3. The molecule has 0 aliphatic carbocycles. The molecule has 0 unspecified atom stereocenters. The van der Waals surface area contributed by atoms with Crippen molar-refractivity contribution < 1.29 is 0 Å². The minimum atomic E-state index is -1.82. The third kappa shape index (κ3) is 3.85. The molecule has 0 saturated carbocycles. The predicted molar refractivity (Wildman–Crippen MR) is 116 cm³/mol. The third-order valence-electron chi connectivity index (χ3n) is 6.14. The molecule has 0 fully saturated rings. The molecule has 0 heterocycles. The third-order valence-corrected chi connectivity index (χ3v) is 20.1. The Morgan fingerprint density at radius 1 is 0.583 bits per heavy atom. The van der Waals surface area contributed by atoms with E-state index in [2.05, 4.69) is 104 Å².